The van der Waals surface area contributed by atoms with Gasteiger partial charge in [0, 0.05) is 31.7 Å². The molecule has 1 heterocycles. The Bertz CT molecular complexity index is 310. The van der Waals surface area contributed by atoms with Crippen LogP contribution in [0.25, 0.3) is 0 Å². The third-order valence-corrected chi connectivity index (χ3v) is 3.23. The largest absolute Gasteiger partial charge is 0.310 e. The fourth-order valence-electron chi connectivity index (χ4n) is 2.46. The number of nitrogens with zero attached hydrogens (tertiary/aromatic N) is 1. The minimum absolute atomic E-state index is 0.598. The molecule has 2 nitrogen and oxygen atoms in total. The highest BCUT2D eigenvalue weighted by Gasteiger charge is 2.17. The van der Waals surface area contributed by atoms with E-state index in [2.05, 4.69) is 54.4 Å². The predicted octanol–water partition coefficient (Wildman–Crippen LogP) is 2.26. The number of nitrogens with one attached hydrogen (secondary N) is 1. The van der Waals surface area contributed by atoms with Crippen LogP contribution in [0.2, 0.25) is 0 Å². The first-order valence-electron chi connectivity index (χ1n) is 6.26. The van der Waals surface area contributed by atoms with Crippen LogP contribution >= 0.6 is 0 Å². The molecular formula is C14H22N2. The zero-order valence-electron chi connectivity index (χ0n) is 10.3. The molecule has 0 aromatic heterocycles. The van der Waals surface area contributed by atoms with E-state index in [0.29, 0.717) is 12.1 Å². The van der Waals surface area contributed by atoms with Gasteiger partial charge < -0.3 is 5.32 Å². The molecule has 1 saturated heterocycles. The molecule has 1 fully saturated rings. The molecule has 2 atom stereocenters. The first-order chi connectivity index (χ1) is 7.74. The molecule has 1 aromatic rings. The highest BCUT2D eigenvalue weighted by molar-refractivity contribution is 5.14. The lowest BCUT2D eigenvalue weighted by atomic mass is 10.2. The molecule has 2 unspecified atom stereocenters. The summed E-state index contributed by atoms with van der Waals surface area (Å²) in [5.41, 5.74) is 1.42. The van der Waals surface area contributed by atoms with Crippen LogP contribution in [0.15, 0.2) is 30.3 Å². The first kappa shape index (κ1) is 11.6. The van der Waals surface area contributed by atoms with Crippen molar-refractivity contribution in [3.05, 3.63) is 35.9 Å². The molecule has 1 aromatic carbocycles. The van der Waals surface area contributed by atoms with Crippen molar-refractivity contribution in [1.29, 1.82) is 0 Å². The smallest absolute Gasteiger partial charge is 0.0234 e. The summed E-state index contributed by atoms with van der Waals surface area (Å²) in [5.74, 6) is 0. The predicted molar refractivity (Wildman–Crippen MR) is 68.4 cm³/mol. The molecule has 1 aliphatic heterocycles. The monoisotopic (exact) mass is 218 g/mol. The third-order valence-electron chi connectivity index (χ3n) is 3.23. The van der Waals surface area contributed by atoms with E-state index in [1.165, 1.54) is 18.5 Å². The average Bonchev–Trinajstić information content (AvgIpc) is 2.41. The molecule has 0 spiro atoms. The van der Waals surface area contributed by atoms with E-state index < -0.39 is 0 Å². The lowest BCUT2D eigenvalue weighted by Crippen LogP contribution is -2.37. The normalized spacial score (nSPS) is 27.6. The Labute approximate surface area is 98.7 Å². The minimum atomic E-state index is 0.598. The molecule has 2 heteroatoms. The van der Waals surface area contributed by atoms with E-state index in [-0.39, 0.29) is 0 Å². The summed E-state index contributed by atoms with van der Waals surface area (Å²) in [5, 5.41) is 3.62. The molecule has 2 rings (SSSR count). The van der Waals surface area contributed by atoms with E-state index in [4.69, 9.17) is 0 Å². The van der Waals surface area contributed by atoms with Crippen LogP contribution in [0.4, 0.5) is 0 Å². The molecule has 88 valence electrons. The van der Waals surface area contributed by atoms with Gasteiger partial charge in [0.1, 0.15) is 0 Å². The fraction of sp³-hybridized carbons (Fsp3) is 0.571. The lowest BCUT2D eigenvalue weighted by Gasteiger charge is -2.22. The van der Waals surface area contributed by atoms with Gasteiger partial charge in [-0.1, -0.05) is 30.3 Å². The van der Waals surface area contributed by atoms with Crippen LogP contribution < -0.4 is 5.32 Å². The molecule has 0 radical (unpaired) electrons. The van der Waals surface area contributed by atoms with Gasteiger partial charge in [0.2, 0.25) is 0 Å². The number of hydrogen-bond acceptors (Lipinski definition) is 2. The Balaban J connectivity index is 1.94. The SMILES string of the molecule is CC1CCN(Cc2ccccc2)CC(C)N1. The lowest BCUT2D eigenvalue weighted by molar-refractivity contribution is 0.264. The molecule has 0 amide bonds. The highest BCUT2D eigenvalue weighted by atomic mass is 15.2. The Morgan fingerprint density at radius 2 is 1.94 bits per heavy atom. The molecule has 1 aliphatic rings. The summed E-state index contributed by atoms with van der Waals surface area (Å²) >= 11 is 0. The third kappa shape index (κ3) is 3.32. The molecule has 16 heavy (non-hydrogen) atoms. The van der Waals surface area contributed by atoms with E-state index >= 15 is 0 Å². The van der Waals surface area contributed by atoms with Crippen LogP contribution in [0.5, 0.6) is 0 Å². The van der Waals surface area contributed by atoms with Crippen molar-refractivity contribution < 1.29 is 0 Å². The molecule has 0 bridgehead atoms. The van der Waals surface area contributed by atoms with Gasteiger partial charge in [0.15, 0.2) is 0 Å². The maximum atomic E-state index is 3.62. The van der Waals surface area contributed by atoms with Crippen molar-refractivity contribution in [2.75, 3.05) is 13.1 Å². The van der Waals surface area contributed by atoms with Gasteiger partial charge in [-0.25, -0.2) is 0 Å². The quantitative estimate of drug-likeness (QED) is 0.819. The van der Waals surface area contributed by atoms with Crippen LogP contribution in [0.3, 0.4) is 0 Å². The molecule has 0 saturated carbocycles. The topological polar surface area (TPSA) is 15.3 Å². The average molecular weight is 218 g/mol. The van der Waals surface area contributed by atoms with Crippen molar-refractivity contribution in [2.24, 2.45) is 0 Å². The second-order valence-corrected chi connectivity index (χ2v) is 4.98. The zero-order chi connectivity index (χ0) is 11.4. The maximum Gasteiger partial charge on any atom is 0.0234 e. The van der Waals surface area contributed by atoms with Crippen LogP contribution in [-0.2, 0) is 6.54 Å². The van der Waals surface area contributed by atoms with Gasteiger partial charge in [-0.05, 0) is 25.8 Å². The van der Waals surface area contributed by atoms with Gasteiger partial charge in [-0.15, -0.1) is 0 Å². The van der Waals surface area contributed by atoms with E-state index in [1.807, 2.05) is 0 Å². The standard InChI is InChI=1S/C14H22N2/c1-12-8-9-16(10-13(2)15-12)11-14-6-4-3-5-7-14/h3-7,12-13,15H,8-11H2,1-2H3. The van der Waals surface area contributed by atoms with Crippen molar-refractivity contribution in [3.8, 4) is 0 Å². The summed E-state index contributed by atoms with van der Waals surface area (Å²) in [6.45, 7) is 7.99. The number of rotatable bonds is 2. The van der Waals surface area contributed by atoms with Gasteiger partial charge in [-0.2, -0.15) is 0 Å². The van der Waals surface area contributed by atoms with Crippen LogP contribution in [0.1, 0.15) is 25.8 Å². The molecule has 0 aliphatic carbocycles. The highest BCUT2D eigenvalue weighted by Crippen LogP contribution is 2.10. The first-order valence-corrected chi connectivity index (χ1v) is 6.26. The van der Waals surface area contributed by atoms with E-state index in [9.17, 15) is 0 Å². The van der Waals surface area contributed by atoms with E-state index in [0.717, 1.165) is 13.1 Å². The molecular weight excluding hydrogens is 196 g/mol. The van der Waals surface area contributed by atoms with Crippen molar-refractivity contribution >= 4 is 0 Å². The van der Waals surface area contributed by atoms with E-state index in [1.54, 1.807) is 0 Å². The van der Waals surface area contributed by atoms with Crippen molar-refractivity contribution in [1.82, 2.24) is 10.2 Å². The summed E-state index contributed by atoms with van der Waals surface area (Å²) in [6, 6.07) is 12.0. The maximum absolute atomic E-state index is 3.62. The second kappa shape index (κ2) is 5.46. The van der Waals surface area contributed by atoms with Gasteiger partial charge in [0.25, 0.3) is 0 Å². The van der Waals surface area contributed by atoms with Crippen molar-refractivity contribution in [3.63, 3.8) is 0 Å². The Kier molecular flexibility index (Phi) is 3.97. The second-order valence-electron chi connectivity index (χ2n) is 4.98. The Morgan fingerprint density at radius 1 is 1.19 bits per heavy atom. The van der Waals surface area contributed by atoms with Crippen LogP contribution in [0, 0.1) is 0 Å². The number of hydrogen-bond donors (Lipinski definition) is 1. The van der Waals surface area contributed by atoms with Crippen molar-refractivity contribution in [2.45, 2.75) is 38.9 Å². The Hall–Kier alpha value is -0.860. The van der Waals surface area contributed by atoms with Gasteiger partial charge in [-0.3, -0.25) is 4.90 Å². The van der Waals surface area contributed by atoms with Crippen LogP contribution in [-0.4, -0.2) is 30.1 Å². The summed E-state index contributed by atoms with van der Waals surface area (Å²) in [4.78, 5) is 2.55. The summed E-state index contributed by atoms with van der Waals surface area (Å²) in [7, 11) is 0. The fourth-order valence-corrected chi connectivity index (χ4v) is 2.46. The molecule has 1 N–H and O–H groups in total. The summed E-state index contributed by atoms with van der Waals surface area (Å²) < 4.78 is 0. The summed E-state index contributed by atoms with van der Waals surface area (Å²) in [6.07, 6.45) is 1.25. The Morgan fingerprint density at radius 3 is 2.69 bits per heavy atom. The number of benzene rings is 1. The van der Waals surface area contributed by atoms with Gasteiger partial charge >= 0.3 is 0 Å². The zero-order valence-corrected chi connectivity index (χ0v) is 10.3. The van der Waals surface area contributed by atoms with Gasteiger partial charge in [0.05, 0.1) is 0 Å². The minimum Gasteiger partial charge on any atom is -0.310 e.